The van der Waals surface area contributed by atoms with Crippen molar-refractivity contribution in [2.24, 2.45) is 0 Å². The number of benzene rings is 3. The minimum absolute atomic E-state index is 0.0653. The van der Waals surface area contributed by atoms with E-state index in [2.05, 4.69) is 26.6 Å². The summed E-state index contributed by atoms with van der Waals surface area (Å²) < 4.78 is 19.5. The van der Waals surface area contributed by atoms with Gasteiger partial charge < -0.3 is 15.4 Å². The fourth-order valence-corrected chi connectivity index (χ4v) is 2.79. The standard InChI is InChI=1S/C21H16BrFN2O3/c1-28-17-9-7-16(8-10-17)24-20(26)13-2-5-15(6-3-13)25-21(27)18-11-4-14(22)12-19(18)23/h2-12H,1H3,(H,24,26)(H,25,27). The van der Waals surface area contributed by atoms with Crippen molar-refractivity contribution in [1.29, 1.82) is 0 Å². The maximum Gasteiger partial charge on any atom is 0.258 e. The molecule has 0 saturated carbocycles. The van der Waals surface area contributed by atoms with Crippen molar-refractivity contribution in [1.82, 2.24) is 0 Å². The summed E-state index contributed by atoms with van der Waals surface area (Å²) in [6.07, 6.45) is 0. The summed E-state index contributed by atoms with van der Waals surface area (Å²) in [6.45, 7) is 0. The number of halogens is 2. The number of hydrogen-bond donors (Lipinski definition) is 2. The molecule has 2 amide bonds. The van der Waals surface area contributed by atoms with Gasteiger partial charge in [0.25, 0.3) is 11.8 Å². The van der Waals surface area contributed by atoms with Gasteiger partial charge in [0.15, 0.2) is 0 Å². The van der Waals surface area contributed by atoms with Crippen LogP contribution in [0, 0.1) is 5.82 Å². The molecule has 0 aliphatic heterocycles. The highest BCUT2D eigenvalue weighted by molar-refractivity contribution is 9.10. The Kier molecular flexibility index (Phi) is 6.06. The molecule has 142 valence electrons. The molecule has 3 rings (SSSR count). The van der Waals surface area contributed by atoms with Crippen LogP contribution in [0.4, 0.5) is 15.8 Å². The maximum absolute atomic E-state index is 13.9. The lowest BCUT2D eigenvalue weighted by Crippen LogP contribution is -2.14. The molecule has 0 fully saturated rings. The number of nitrogens with one attached hydrogen (secondary N) is 2. The third kappa shape index (κ3) is 4.75. The Hall–Kier alpha value is -3.19. The monoisotopic (exact) mass is 442 g/mol. The second-order valence-electron chi connectivity index (χ2n) is 5.84. The van der Waals surface area contributed by atoms with Crippen molar-refractivity contribution >= 4 is 39.1 Å². The van der Waals surface area contributed by atoms with Gasteiger partial charge in [-0.2, -0.15) is 0 Å². The first-order valence-electron chi connectivity index (χ1n) is 8.28. The molecule has 0 radical (unpaired) electrons. The van der Waals surface area contributed by atoms with Gasteiger partial charge in [-0.15, -0.1) is 0 Å². The minimum Gasteiger partial charge on any atom is -0.497 e. The highest BCUT2D eigenvalue weighted by Crippen LogP contribution is 2.19. The van der Waals surface area contributed by atoms with Crippen molar-refractivity contribution in [3.63, 3.8) is 0 Å². The van der Waals surface area contributed by atoms with Crippen LogP contribution in [0.15, 0.2) is 71.2 Å². The summed E-state index contributed by atoms with van der Waals surface area (Å²) in [5.41, 5.74) is 1.44. The fourth-order valence-electron chi connectivity index (χ4n) is 2.45. The normalized spacial score (nSPS) is 10.2. The van der Waals surface area contributed by atoms with Crippen LogP contribution in [-0.4, -0.2) is 18.9 Å². The van der Waals surface area contributed by atoms with Crippen molar-refractivity contribution in [3.05, 3.63) is 88.1 Å². The molecule has 0 heterocycles. The molecule has 28 heavy (non-hydrogen) atoms. The van der Waals surface area contributed by atoms with E-state index in [0.29, 0.717) is 27.2 Å². The van der Waals surface area contributed by atoms with E-state index in [1.54, 1.807) is 61.7 Å². The molecule has 3 aromatic rings. The van der Waals surface area contributed by atoms with E-state index in [-0.39, 0.29) is 11.5 Å². The molecule has 0 aliphatic rings. The predicted octanol–water partition coefficient (Wildman–Crippen LogP) is 5.10. The quantitative estimate of drug-likeness (QED) is 0.577. The van der Waals surface area contributed by atoms with Gasteiger partial charge >= 0.3 is 0 Å². The number of methoxy groups -OCH3 is 1. The van der Waals surface area contributed by atoms with Gasteiger partial charge in [0.05, 0.1) is 12.7 Å². The van der Waals surface area contributed by atoms with Crippen LogP contribution in [0.25, 0.3) is 0 Å². The average molecular weight is 443 g/mol. The first-order valence-corrected chi connectivity index (χ1v) is 9.07. The Balaban J connectivity index is 1.65. The van der Waals surface area contributed by atoms with Gasteiger partial charge in [-0.05, 0) is 66.7 Å². The number of amides is 2. The van der Waals surface area contributed by atoms with Gasteiger partial charge in [-0.25, -0.2) is 4.39 Å². The van der Waals surface area contributed by atoms with Crippen LogP contribution in [0.1, 0.15) is 20.7 Å². The summed E-state index contributed by atoms with van der Waals surface area (Å²) in [4.78, 5) is 24.5. The van der Waals surface area contributed by atoms with Crippen molar-refractivity contribution in [2.45, 2.75) is 0 Å². The van der Waals surface area contributed by atoms with Crippen molar-refractivity contribution < 1.29 is 18.7 Å². The molecule has 0 atom stereocenters. The van der Waals surface area contributed by atoms with Crippen molar-refractivity contribution in [3.8, 4) is 5.75 Å². The zero-order chi connectivity index (χ0) is 20.1. The Morgan fingerprint density at radius 3 is 2.00 bits per heavy atom. The van der Waals surface area contributed by atoms with E-state index < -0.39 is 11.7 Å². The molecule has 3 aromatic carbocycles. The van der Waals surface area contributed by atoms with Gasteiger partial charge in [-0.1, -0.05) is 15.9 Å². The Morgan fingerprint density at radius 2 is 1.43 bits per heavy atom. The highest BCUT2D eigenvalue weighted by Gasteiger charge is 2.13. The Bertz CT molecular complexity index is 1010. The number of hydrogen-bond acceptors (Lipinski definition) is 3. The summed E-state index contributed by atoms with van der Waals surface area (Å²) in [5, 5.41) is 5.38. The molecule has 0 aliphatic carbocycles. The summed E-state index contributed by atoms with van der Waals surface area (Å²) in [7, 11) is 1.57. The van der Waals surface area contributed by atoms with Crippen molar-refractivity contribution in [2.75, 3.05) is 17.7 Å². The van der Waals surface area contributed by atoms with Crippen LogP contribution in [0.5, 0.6) is 5.75 Å². The molecule has 5 nitrogen and oxygen atoms in total. The van der Waals surface area contributed by atoms with Crippen LogP contribution < -0.4 is 15.4 Å². The molecule has 7 heteroatoms. The second kappa shape index (κ2) is 8.67. The maximum atomic E-state index is 13.9. The summed E-state index contributed by atoms with van der Waals surface area (Å²) in [6, 6.07) is 17.5. The molecule has 2 N–H and O–H groups in total. The molecule has 0 unspecified atom stereocenters. The van der Waals surface area contributed by atoms with E-state index in [1.807, 2.05) is 0 Å². The molecule has 0 saturated heterocycles. The van der Waals surface area contributed by atoms with Gasteiger partial charge in [0.2, 0.25) is 0 Å². The predicted molar refractivity (Wildman–Crippen MR) is 109 cm³/mol. The lowest BCUT2D eigenvalue weighted by molar-refractivity contribution is 0.101. The second-order valence-corrected chi connectivity index (χ2v) is 6.75. The molecular formula is C21H16BrFN2O3. The van der Waals surface area contributed by atoms with E-state index in [1.165, 1.54) is 12.1 Å². The minimum atomic E-state index is -0.623. The van der Waals surface area contributed by atoms with Gasteiger partial charge in [-0.3, -0.25) is 9.59 Å². The number of carbonyl (C=O) groups is 2. The van der Waals surface area contributed by atoms with Crippen LogP contribution in [0.2, 0.25) is 0 Å². The zero-order valence-corrected chi connectivity index (χ0v) is 16.4. The highest BCUT2D eigenvalue weighted by atomic mass is 79.9. The topological polar surface area (TPSA) is 67.4 Å². The van der Waals surface area contributed by atoms with E-state index in [9.17, 15) is 14.0 Å². The first-order chi connectivity index (χ1) is 13.5. The van der Waals surface area contributed by atoms with Gasteiger partial charge in [0.1, 0.15) is 11.6 Å². The summed E-state index contributed by atoms with van der Waals surface area (Å²) in [5.74, 6) is -0.787. The van der Waals surface area contributed by atoms with E-state index in [4.69, 9.17) is 4.74 Å². The molecular weight excluding hydrogens is 427 g/mol. The largest absolute Gasteiger partial charge is 0.497 e. The average Bonchev–Trinajstić information content (AvgIpc) is 2.69. The van der Waals surface area contributed by atoms with Crippen LogP contribution >= 0.6 is 15.9 Å². The smallest absolute Gasteiger partial charge is 0.258 e. The van der Waals surface area contributed by atoms with E-state index in [0.717, 1.165) is 0 Å². The number of rotatable bonds is 5. The molecule has 0 aromatic heterocycles. The number of anilines is 2. The third-order valence-corrected chi connectivity index (χ3v) is 4.42. The Morgan fingerprint density at radius 1 is 0.857 bits per heavy atom. The lowest BCUT2D eigenvalue weighted by atomic mass is 10.1. The lowest BCUT2D eigenvalue weighted by Gasteiger charge is -2.09. The van der Waals surface area contributed by atoms with Crippen LogP contribution in [0.3, 0.4) is 0 Å². The van der Waals surface area contributed by atoms with Gasteiger partial charge in [0, 0.05) is 21.4 Å². The molecule has 0 bridgehead atoms. The summed E-state index contributed by atoms with van der Waals surface area (Å²) >= 11 is 3.15. The Labute approximate surface area is 169 Å². The zero-order valence-electron chi connectivity index (χ0n) is 14.8. The SMILES string of the molecule is COc1ccc(NC(=O)c2ccc(NC(=O)c3ccc(Br)cc3F)cc2)cc1. The number of carbonyl (C=O) groups excluding carboxylic acids is 2. The first kappa shape index (κ1) is 19.6. The fraction of sp³-hybridized carbons (Fsp3) is 0.0476. The number of ether oxygens (including phenoxy) is 1. The molecule has 0 spiro atoms. The third-order valence-electron chi connectivity index (χ3n) is 3.93. The van der Waals surface area contributed by atoms with E-state index >= 15 is 0 Å². The van der Waals surface area contributed by atoms with Crippen LogP contribution in [-0.2, 0) is 0 Å².